The Bertz CT molecular complexity index is 238. The lowest BCUT2D eigenvalue weighted by Crippen LogP contribution is -2.31. The molecule has 0 N–H and O–H groups in total. The van der Waals surface area contributed by atoms with Gasteiger partial charge in [-0.05, 0) is 13.8 Å². The average Bonchev–Trinajstić information content (AvgIpc) is 2.86. The summed E-state index contributed by atoms with van der Waals surface area (Å²) >= 11 is 0. The third-order valence-electron chi connectivity index (χ3n) is 1.54. The maximum atomic E-state index is 11.5. The van der Waals surface area contributed by atoms with Crippen molar-refractivity contribution in [1.82, 2.24) is 0 Å². The Kier molecular flexibility index (Phi) is 3.66. The molecule has 6 heteroatoms. The highest BCUT2D eigenvalue weighted by Crippen LogP contribution is 2.22. The fraction of sp³-hybridized carbons (Fsp3) is 1.00. The zero-order chi connectivity index (χ0) is 9.90. The monoisotopic (exact) mass is 210 g/mol. The summed E-state index contributed by atoms with van der Waals surface area (Å²) in [5.74, 6) is 0. The molecule has 0 radical (unpaired) electrons. The number of epoxide rings is 1. The van der Waals surface area contributed by atoms with Crippen molar-refractivity contribution in [3.63, 3.8) is 0 Å². The fourth-order valence-corrected chi connectivity index (χ4v) is 2.22. The van der Waals surface area contributed by atoms with E-state index in [-0.39, 0.29) is 6.61 Å². The van der Waals surface area contributed by atoms with Gasteiger partial charge in [-0.1, -0.05) is 0 Å². The molecule has 0 aliphatic carbocycles. The highest BCUT2D eigenvalue weighted by atomic mass is 32.2. The van der Waals surface area contributed by atoms with E-state index in [1.54, 1.807) is 13.8 Å². The van der Waals surface area contributed by atoms with E-state index in [2.05, 4.69) is 0 Å². The van der Waals surface area contributed by atoms with Crippen molar-refractivity contribution in [1.29, 1.82) is 0 Å². The minimum atomic E-state index is -3.42. The van der Waals surface area contributed by atoms with Gasteiger partial charge in [0.2, 0.25) is 9.84 Å². The number of rotatable bonds is 6. The summed E-state index contributed by atoms with van der Waals surface area (Å²) in [6.45, 7) is 4.29. The molecule has 1 fully saturated rings. The zero-order valence-corrected chi connectivity index (χ0v) is 8.54. The van der Waals surface area contributed by atoms with E-state index >= 15 is 0 Å². The molecule has 1 rings (SSSR count). The minimum absolute atomic E-state index is 0.249. The van der Waals surface area contributed by atoms with Crippen LogP contribution < -0.4 is 0 Å². The summed E-state index contributed by atoms with van der Waals surface area (Å²) in [7, 11) is -3.42. The first kappa shape index (κ1) is 10.9. The van der Waals surface area contributed by atoms with Crippen molar-refractivity contribution >= 4 is 9.84 Å². The van der Waals surface area contributed by atoms with Crippen LogP contribution in [0, 0.1) is 0 Å². The molecule has 13 heavy (non-hydrogen) atoms. The van der Waals surface area contributed by atoms with E-state index in [1.807, 2.05) is 0 Å². The summed E-state index contributed by atoms with van der Waals surface area (Å²) in [6, 6.07) is 0. The van der Waals surface area contributed by atoms with Crippen molar-refractivity contribution in [2.45, 2.75) is 24.9 Å². The van der Waals surface area contributed by atoms with Gasteiger partial charge in [0.25, 0.3) is 5.62 Å². The van der Waals surface area contributed by atoms with Crippen molar-refractivity contribution in [3.8, 4) is 0 Å². The van der Waals surface area contributed by atoms with Crippen LogP contribution >= 0.6 is 0 Å². The predicted molar refractivity (Wildman–Crippen MR) is 45.7 cm³/mol. The molecule has 0 bridgehead atoms. The van der Waals surface area contributed by atoms with Gasteiger partial charge in [-0.25, -0.2) is 8.42 Å². The van der Waals surface area contributed by atoms with Crippen LogP contribution in [0.25, 0.3) is 0 Å². The molecule has 1 aliphatic heterocycles. The van der Waals surface area contributed by atoms with Gasteiger partial charge in [0, 0.05) is 13.2 Å². The van der Waals surface area contributed by atoms with Crippen molar-refractivity contribution in [3.05, 3.63) is 0 Å². The quantitative estimate of drug-likeness (QED) is 0.460. The molecule has 1 aliphatic rings. The van der Waals surface area contributed by atoms with Crippen molar-refractivity contribution in [2.24, 2.45) is 0 Å². The van der Waals surface area contributed by atoms with Gasteiger partial charge in [0.05, 0.1) is 6.61 Å². The fourth-order valence-electron chi connectivity index (χ4n) is 0.863. The third-order valence-corrected chi connectivity index (χ3v) is 3.36. The molecule has 0 spiro atoms. The second-order valence-electron chi connectivity index (χ2n) is 2.55. The van der Waals surface area contributed by atoms with E-state index < -0.39 is 20.9 Å². The standard InChI is InChI=1S/C7H14O5S/c1-3-10-7(11-4-2)13(8,9)6-5-12-6/h6-7H,3-5H2,1-2H3. The summed E-state index contributed by atoms with van der Waals surface area (Å²) in [4.78, 5) is 0. The van der Waals surface area contributed by atoms with Crippen LogP contribution in [0.4, 0.5) is 0 Å². The number of ether oxygens (including phenoxy) is 3. The molecule has 0 aromatic rings. The normalized spacial score (nSPS) is 22.2. The Morgan fingerprint density at radius 1 is 1.38 bits per heavy atom. The lowest BCUT2D eigenvalue weighted by Gasteiger charge is -2.15. The Morgan fingerprint density at radius 2 is 1.85 bits per heavy atom. The maximum absolute atomic E-state index is 11.5. The molecular weight excluding hydrogens is 196 g/mol. The predicted octanol–water partition coefficient (Wildman–Crippen LogP) is 0.114. The highest BCUT2D eigenvalue weighted by molar-refractivity contribution is 7.92. The van der Waals surface area contributed by atoms with Crippen LogP contribution in [0.3, 0.4) is 0 Å². The summed E-state index contributed by atoms with van der Waals surface area (Å²) < 4.78 is 37.6. The largest absolute Gasteiger partial charge is 0.356 e. The highest BCUT2D eigenvalue weighted by Gasteiger charge is 2.44. The Labute approximate surface area is 77.9 Å². The van der Waals surface area contributed by atoms with Gasteiger partial charge in [0.15, 0.2) is 5.44 Å². The van der Waals surface area contributed by atoms with E-state index in [9.17, 15) is 8.42 Å². The summed E-state index contributed by atoms with van der Waals surface area (Å²) in [6.07, 6.45) is 0. The van der Waals surface area contributed by atoms with Gasteiger partial charge < -0.3 is 14.2 Å². The molecule has 0 aromatic carbocycles. The lowest BCUT2D eigenvalue weighted by atomic mass is 10.9. The summed E-state index contributed by atoms with van der Waals surface area (Å²) in [5, 5.41) is 0. The number of hydrogen-bond donors (Lipinski definition) is 0. The van der Waals surface area contributed by atoms with Gasteiger partial charge in [-0.2, -0.15) is 0 Å². The Morgan fingerprint density at radius 3 is 2.15 bits per heavy atom. The van der Waals surface area contributed by atoms with Crippen molar-refractivity contribution < 1.29 is 22.6 Å². The molecule has 5 nitrogen and oxygen atoms in total. The van der Waals surface area contributed by atoms with E-state index in [1.165, 1.54) is 0 Å². The molecule has 1 atom stereocenters. The lowest BCUT2D eigenvalue weighted by molar-refractivity contribution is -0.0806. The van der Waals surface area contributed by atoms with Crippen LogP contribution in [0.5, 0.6) is 0 Å². The molecule has 0 saturated carbocycles. The summed E-state index contributed by atoms with van der Waals surface area (Å²) in [5.41, 5.74) is -1.90. The average molecular weight is 210 g/mol. The van der Waals surface area contributed by atoms with Gasteiger partial charge >= 0.3 is 0 Å². The second-order valence-corrected chi connectivity index (χ2v) is 4.64. The zero-order valence-electron chi connectivity index (χ0n) is 7.73. The van der Waals surface area contributed by atoms with Crippen molar-refractivity contribution in [2.75, 3.05) is 19.8 Å². The molecular formula is C7H14O5S. The van der Waals surface area contributed by atoms with Crippen LogP contribution in [-0.2, 0) is 24.0 Å². The minimum Gasteiger partial charge on any atom is -0.356 e. The molecule has 1 heterocycles. The van der Waals surface area contributed by atoms with E-state index in [0.717, 1.165) is 0 Å². The van der Waals surface area contributed by atoms with Gasteiger partial charge in [0.1, 0.15) is 0 Å². The van der Waals surface area contributed by atoms with Crippen LogP contribution in [0.2, 0.25) is 0 Å². The van der Waals surface area contributed by atoms with E-state index in [0.29, 0.717) is 13.2 Å². The first-order valence-corrected chi connectivity index (χ1v) is 5.81. The second kappa shape index (κ2) is 4.36. The maximum Gasteiger partial charge on any atom is 0.265 e. The molecule has 1 unspecified atom stereocenters. The van der Waals surface area contributed by atoms with Gasteiger partial charge in [-0.3, -0.25) is 0 Å². The molecule has 0 aromatic heterocycles. The first-order chi connectivity index (χ1) is 6.12. The van der Waals surface area contributed by atoms with E-state index in [4.69, 9.17) is 14.2 Å². The molecule has 0 amide bonds. The molecule has 78 valence electrons. The molecule has 1 saturated heterocycles. The van der Waals surface area contributed by atoms with Crippen LogP contribution in [0.15, 0.2) is 0 Å². The third kappa shape index (κ3) is 2.63. The smallest absolute Gasteiger partial charge is 0.265 e. The van der Waals surface area contributed by atoms with Crippen LogP contribution in [-0.4, -0.2) is 39.3 Å². The Balaban J connectivity index is 2.61. The number of sulfone groups is 1. The SMILES string of the molecule is CCOC(OCC)S(=O)(=O)C1CO1. The topological polar surface area (TPSA) is 65.1 Å². The first-order valence-electron chi connectivity index (χ1n) is 4.20. The van der Waals surface area contributed by atoms with Crippen LogP contribution in [0.1, 0.15) is 13.8 Å². The Hall–Kier alpha value is -0.170. The number of hydrogen-bond acceptors (Lipinski definition) is 5. The van der Waals surface area contributed by atoms with Gasteiger partial charge in [-0.15, -0.1) is 0 Å².